The average Bonchev–Trinajstić information content (AvgIpc) is 3.36. The number of nitrogens with zero attached hydrogens (tertiary/aromatic N) is 7. The van der Waals surface area contributed by atoms with Gasteiger partial charge in [0.1, 0.15) is 17.1 Å². The Labute approximate surface area is 174 Å². The number of ether oxygens (including phenoxy) is 1. The van der Waals surface area contributed by atoms with Gasteiger partial charge in [-0.15, -0.1) is 5.10 Å². The number of methoxy groups -OCH3 is 1. The lowest BCUT2D eigenvalue weighted by Crippen LogP contribution is -2.35. The first-order valence-corrected chi connectivity index (χ1v) is 9.67. The molecule has 12 heteroatoms. The second kappa shape index (κ2) is 7.08. The fourth-order valence-electron chi connectivity index (χ4n) is 3.83. The molecule has 0 amide bonds. The highest BCUT2D eigenvalue weighted by Crippen LogP contribution is 2.30. The minimum absolute atomic E-state index is 0.199. The van der Waals surface area contributed by atoms with E-state index < -0.39 is 11.9 Å². The van der Waals surface area contributed by atoms with Crippen molar-refractivity contribution in [2.75, 3.05) is 25.9 Å². The molecule has 0 radical (unpaired) electrons. The standard InChI is InChI=1S/C19H19F3N8O/c1-31-12-4-2-3-11-16(12)26-18(23)30-17(11)25-14(27-30)5-6-28-7-8-29-9-13(19(20,21)22)24-15(29)10-28/h2-4,9H,5-8,10H2,1H3,(H2,23,26). The summed E-state index contributed by atoms with van der Waals surface area (Å²) in [5, 5.41) is 5.23. The molecule has 0 spiro atoms. The third kappa shape index (κ3) is 3.42. The van der Waals surface area contributed by atoms with Crippen molar-refractivity contribution in [3.8, 4) is 5.75 Å². The van der Waals surface area contributed by atoms with Crippen LogP contribution in [0.3, 0.4) is 0 Å². The molecule has 4 heterocycles. The van der Waals surface area contributed by atoms with Gasteiger partial charge in [-0.1, -0.05) is 6.07 Å². The highest BCUT2D eigenvalue weighted by atomic mass is 19.4. The first-order valence-electron chi connectivity index (χ1n) is 9.67. The molecular weight excluding hydrogens is 413 g/mol. The molecule has 2 N–H and O–H groups in total. The molecule has 1 aliphatic rings. The number of rotatable bonds is 4. The van der Waals surface area contributed by atoms with Crippen LogP contribution in [0, 0.1) is 0 Å². The molecule has 1 aromatic carbocycles. The number of nitrogens with two attached hydrogens (primary N) is 1. The summed E-state index contributed by atoms with van der Waals surface area (Å²) >= 11 is 0. The second-order valence-corrected chi connectivity index (χ2v) is 7.35. The van der Waals surface area contributed by atoms with Crippen molar-refractivity contribution in [1.82, 2.24) is 34.0 Å². The van der Waals surface area contributed by atoms with Crippen molar-refractivity contribution in [2.45, 2.75) is 25.7 Å². The number of hydrogen-bond donors (Lipinski definition) is 1. The van der Waals surface area contributed by atoms with Crippen molar-refractivity contribution in [1.29, 1.82) is 0 Å². The van der Waals surface area contributed by atoms with E-state index in [0.717, 1.165) is 11.6 Å². The summed E-state index contributed by atoms with van der Waals surface area (Å²) in [6, 6.07) is 5.52. The van der Waals surface area contributed by atoms with Gasteiger partial charge in [0, 0.05) is 37.6 Å². The highest BCUT2D eigenvalue weighted by Gasteiger charge is 2.35. The number of nitrogen functional groups attached to an aromatic ring is 1. The van der Waals surface area contributed by atoms with Crippen molar-refractivity contribution in [3.63, 3.8) is 0 Å². The van der Waals surface area contributed by atoms with Gasteiger partial charge in [-0.05, 0) is 12.1 Å². The minimum Gasteiger partial charge on any atom is -0.494 e. The SMILES string of the molecule is COc1cccc2c1nc(N)n1nc(CCN3CCn4cc(C(F)(F)F)nc4C3)nc21. The van der Waals surface area contributed by atoms with Crippen LogP contribution >= 0.6 is 0 Å². The van der Waals surface area contributed by atoms with Crippen molar-refractivity contribution in [3.05, 3.63) is 41.7 Å². The van der Waals surface area contributed by atoms with E-state index >= 15 is 0 Å². The van der Waals surface area contributed by atoms with E-state index in [1.807, 2.05) is 17.0 Å². The van der Waals surface area contributed by atoms with E-state index in [1.165, 1.54) is 4.52 Å². The van der Waals surface area contributed by atoms with Crippen LogP contribution in [0.2, 0.25) is 0 Å². The number of imidazole rings is 1. The Hall–Kier alpha value is -3.41. The number of halogens is 3. The Morgan fingerprint density at radius 3 is 2.77 bits per heavy atom. The predicted octanol–water partition coefficient (Wildman–Crippen LogP) is 2.14. The zero-order valence-corrected chi connectivity index (χ0v) is 16.6. The van der Waals surface area contributed by atoms with Gasteiger partial charge in [-0.25, -0.2) is 15.0 Å². The third-order valence-electron chi connectivity index (χ3n) is 5.38. The maximum absolute atomic E-state index is 12.9. The Kier molecular flexibility index (Phi) is 4.46. The maximum Gasteiger partial charge on any atom is 0.434 e. The molecular formula is C19H19F3N8O. The molecule has 4 aromatic rings. The van der Waals surface area contributed by atoms with Crippen LogP contribution in [0.4, 0.5) is 19.1 Å². The van der Waals surface area contributed by atoms with E-state index in [2.05, 4.69) is 20.1 Å². The van der Waals surface area contributed by atoms with E-state index in [4.69, 9.17) is 10.5 Å². The molecule has 162 valence electrons. The summed E-state index contributed by atoms with van der Waals surface area (Å²) < 4.78 is 47.1. The van der Waals surface area contributed by atoms with E-state index in [0.29, 0.717) is 61.2 Å². The lowest BCUT2D eigenvalue weighted by Gasteiger charge is -2.26. The normalized spacial score (nSPS) is 15.0. The number of anilines is 1. The predicted molar refractivity (Wildman–Crippen MR) is 105 cm³/mol. The van der Waals surface area contributed by atoms with Gasteiger partial charge < -0.3 is 15.0 Å². The van der Waals surface area contributed by atoms with Gasteiger partial charge >= 0.3 is 6.18 Å². The van der Waals surface area contributed by atoms with Gasteiger partial charge in [0.2, 0.25) is 5.95 Å². The lowest BCUT2D eigenvalue weighted by molar-refractivity contribution is -0.141. The molecule has 0 bridgehead atoms. The first kappa shape index (κ1) is 19.5. The number of benzene rings is 1. The summed E-state index contributed by atoms with van der Waals surface area (Å²) in [5.74, 6) is 1.78. The van der Waals surface area contributed by atoms with Crippen LogP contribution in [-0.4, -0.2) is 54.2 Å². The number of para-hydroxylation sites is 1. The van der Waals surface area contributed by atoms with Crippen LogP contribution < -0.4 is 10.5 Å². The van der Waals surface area contributed by atoms with Gasteiger partial charge in [0.05, 0.1) is 13.7 Å². The van der Waals surface area contributed by atoms with Crippen LogP contribution in [0.1, 0.15) is 17.3 Å². The second-order valence-electron chi connectivity index (χ2n) is 7.35. The molecule has 31 heavy (non-hydrogen) atoms. The molecule has 0 fully saturated rings. The number of fused-ring (bicyclic) bond motifs is 4. The molecule has 3 aromatic heterocycles. The van der Waals surface area contributed by atoms with Gasteiger partial charge in [0.15, 0.2) is 17.2 Å². The molecule has 0 unspecified atom stereocenters. The Balaban J connectivity index is 1.36. The van der Waals surface area contributed by atoms with Crippen molar-refractivity contribution in [2.24, 2.45) is 0 Å². The van der Waals surface area contributed by atoms with Crippen LogP contribution in [0.5, 0.6) is 5.75 Å². The first-order chi connectivity index (χ1) is 14.8. The summed E-state index contributed by atoms with van der Waals surface area (Å²) in [7, 11) is 1.56. The van der Waals surface area contributed by atoms with Crippen molar-refractivity contribution >= 4 is 22.5 Å². The van der Waals surface area contributed by atoms with Crippen LogP contribution in [0.15, 0.2) is 24.4 Å². The average molecular weight is 432 g/mol. The zero-order chi connectivity index (χ0) is 21.8. The molecule has 0 saturated carbocycles. The molecule has 1 aliphatic heterocycles. The lowest BCUT2D eigenvalue weighted by atomic mass is 10.2. The minimum atomic E-state index is -4.44. The summed E-state index contributed by atoms with van der Waals surface area (Å²) in [4.78, 5) is 14.8. The fraction of sp³-hybridized carbons (Fsp3) is 0.368. The van der Waals surface area contributed by atoms with Gasteiger partial charge in [0.25, 0.3) is 0 Å². The Bertz CT molecular complexity index is 1280. The molecule has 0 saturated heterocycles. The quantitative estimate of drug-likeness (QED) is 0.527. The van der Waals surface area contributed by atoms with Crippen LogP contribution in [0.25, 0.3) is 16.6 Å². The summed E-state index contributed by atoms with van der Waals surface area (Å²) in [6.07, 6.45) is -2.85. The molecule has 0 atom stereocenters. The molecule has 5 rings (SSSR count). The maximum atomic E-state index is 12.9. The zero-order valence-electron chi connectivity index (χ0n) is 16.6. The smallest absolute Gasteiger partial charge is 0.434 e. The molecule has 0 aliphatic carbocycles. The number of hydrogen-bond acceptors (Lipinski definition) is 7. The number of alkyl halides is 3. The van der Waals surface area contributed by atoms with Gasteiger partial charge in [-0.3, -0.25) is 4.90 Å². The number of aromatic nitrogens is 6. The summed E-state index contributed by atoms with van der Waals surface area (Å²) in [6.45, 7) is 2.00. The topological polar surface area (TPSA) is 99.4 Å². The Morgan fingerprint density at radius 1 is 1.16 bits per heavy atom. The third-order valence-corrected chi connectivity index (χ3v) is 5.38. The van der Waals surface area contributed by atoms with E-state index in [-0.39, 0.29) is 5.95 Å². The van der Waals surface area contributed by atoms with Crippen molar-refractivity contribution < 1.29 is 17.9 Å². The molecule has 9 nitrogen and oxygen atoms in total. The fourth-order valence-corrected chi connectivity index (χ4v) is 3.83. The van der Waals surface area contributed by atoms with E-state index in [1.54, 1.807) is 17.7 Å². The Morgan fingerprint density at radius 2 is 2.00 bits per heavy atom. The van der Waals surface area contributed by atoms with Crippen LogP contribution in [-0.2, 0) is 25.7 Å². The largest absolute Gasteiger partial charge is 0.494 e. The highest BCUT2D eigenvalue weighted by molar-refractivity contribution is 5.95. The monoisotopic (exact) mass is 432 g/mol. The van der Waals surface area contributed by atoms with E-state index in [9.17, 15) is 13.2 Å². The van der Waals surface area contributed by atoms with Gasteiger partial charge in [-0.2, -0.15) is 17.7 Å². The summed E-state index contributed by atoms with van der Waals surface area (Å²) in [5.41, 5.74) is 6.41.